The molecule has 0 heterocycles. The van der Waals surface area contributed by atoms with Crippen LogP contribution < -0.4 is 0 Å². The van der Waals surface area contributed by atoms with E-state index in [4.69, 9.17) is 9.47 Å². The SMILES string of the molecule is CCCC(=O)OC(=O)C(CC(=O)OC(C)(C)C)C(C)C. The molecule has 5 heteroatoms. The molecular weight excluding hydrogens is 260 g/mol. The second-order valence-corrected chi connectivity index (χ2v) is 6.18. The molecule has 0 rings (SSSR count). The molecule has 0 amide bonds. The highest BCUT2D eigenvalue weighted by molar-refractivity contribution is 5.89. The van der Waals surface area contributed by atoms with Crippen molar-refractivity contribution in [3.05, 3.63) is 0 Å². The zero-order chi connectivity index (χ0) is 15.9. The van der Waals surface area contributed by atoms with Gasteiger partial charge in [0.25, 0.3) is 0 Å². The lowest BCUT2D eigenvalue weighted by Crippen LogP contribution is -2.31. The highest BCUT2D eigenvalue weighted by atomic mass is 16.6. The monoisotopic (exact) mass is 286 g/mol. The number of ether oxygens (including phenoxy) is 2. The average molecular weight is 286 g/mol. The van der Waals surface area contributed by atoms with Crippen LogP contribution in [0.4, 0.5) is 0 Å². The van der Waals surface area contributed by atoms with Crippen LogP contribution in [0.3, 0.4) is 0 Å². The van der Waals surface area contributed by atoms with Crippen LogP contribution in [0, 0.1) is 11.8 Å². The smallest absolute Gasteiger partial charge is 0.317 e. The van der Waals surface area contributed by atoms with E-state index in [2.05, 4.69) is 0 Å². The van der Waals surface area contributed by atoms with E-state index in [0.717, 1.165) is 0 Å². The molecule has 0 aromatic carbocycles. The van der Waals surface area contributed by atoms with Crippen molar-refractivity contribution in [3.63, 3.8) is 0 Å². The first-order chi connectivity index (χ1) is 9.06. The van der Waals surface area contributed by atoms with E-state index in [1.54, 1.807) is 34.6 Å². The zero-order valence-corrected chi connectivity index (χ0v) is 13.3. The Bertz CT molecular complexity index is 352. The van der Waals surface area contributed by atoms with Gasteiger partial charge in [-0.1, -0.05) is 20.8 Å². The minimum atomic E-state index is -0.661. The normalized spacial score (nSPS) is 12.9. The Morgan fingerprint density at radius 2 is 1.60 bits per heavy atom. The largest absolute Gasteiger partial charge is 0.460 e. The second kappa shape index (κ2) is 8.02. The Morgan fingerprint density at radius 3 is 2.00 bits per heavy atom. The maximum atomic E-state index is 11.9. The minimum absolute atomic E-state index is 0.0762. The van der Waals surface area contributed by atoms with Crippen LogP contribution in [-0.4, -0.2) is 23.5 Å². The first kappa shape index (κ1) is 18.6. The van der Waals surface area contributed by atoms with Crippen molar-refractivity contribution in [2.24, 2.45) is 11.8 Å². The maximum absolute atomic E-state index is 11.9. The number of rotatable bonds is 6. The molecule has 0 spiro atoms. The average Bonchev–Trinajstić information content (AvgIpc) is 2.22. The van der Waals surface area contributed by atoms with Crippen molar-refractivity contribution < 1.29 is 23.9 Å². The fourth-order valence-electron chi connectivity index (χ4n) is 1.60. The number of hydrogen-bond acceptors (Lipinski definition) is 5. The molecule has 0 fully saturated rings. The second-order valence-electron chi connectivity index (χ2n) is 6.18. The van der Waals surface area contributed by atoms with Gasteiger partial charge in [-0.2, -0.15) is 0 Å². The Kier molecular flexibility index (Phi) is 7.46. The Labute approximate surface area is 121 Å². The van der Waals surface area contributed by atoms with Crippen molar-refractivity contribution in [2.75, 3.05) is 0 Å². The molecule has 116 valence electrons. The lowest BCUT2D eigenvalue weighted by atomic mass is 9.92. The van der Waals surface area contributed by atoms with Gasteiger partial charge in [0.15, 0.2) is 0 Å². The molecule has 0 aliphatic carbocycles. The molecule has 1 atom stereocenters. The maximum Gasteiger partial charge on any atom is 0.317 e. The molecule has 0 saturated carbocycles. The van der Waals surface area contributed by atoms with Crippen molar-refractivity contribution in [2.45, 2.75) is 66.4 Å². The van der Waals surface area contributed by atoms with Crippen molar-refractivity contribution in [3.8, 4) is 0 Å². The van der Waals surface area contributed by atoms with Crippen LogP contribution in [0.15, 0.2) is 0 Å². The van der Waals surface area contributed by atoms with Gasteiger partial charge in [-0.25, -0.2) is 0 Å². The lowest BCUT2D eigenvalue weighted by Gasteiger charge is -2.23. The van der Waals surface area contributed by atoms with E-state index in [1.807, 2.05) is 6.92 Å². The fourth-order valence-corrected chi connectivity index (χ4v) is 1.60. The van der Waals surface area contributed by atoms with Gasteiger partial charge in [-0.3, -0.25) is 14.4 Å². The summed E-state index contributed by atoms with van der Waals surface area (Å²) in [7, 11) is 0. The van der Waals surface area contributed by atoms with Gasteiger partial charge in [0.2, 0.25) is 0 Å². The Hall–Kier alpha value is -1.39. The van der Waals surface area contributed by atoms with Gasteiger partial charge in [-0.05, 0) is 33.1 Å². The summed E-state index contributed by atoms with van der Waals surface area (Å²) in [4.78, 5) is 35.0. The summed E-state index contributed by atoms with van der Waals surface area (Å²) in [6.45, 7) is 10.7. The third-order valence-electron chi connectivity index (χ3n) is 2.58. The summed E-state index contributed by atoms with van der Waals surface area (Å²) in [6.07, 6.45) is 0.737. The summed E-state index contributed by atoms with van der Waals surface area (Å²) in [5, 5.41) is 0. The highest BCUT2D eigenvalue weighted by Gasteiger charge is 2.30. The van der Waals surface area contributed by atoms with Gasteiger partial charge < -0.3 is 9.47 Å². The molecule has 0 aromatic rings. The van der Waals surface area contributed by atoms with Crippen LogP contribution in [0.25, 0.3) is 0 Å². The third kappa shape index (κ3) is 7.92. The molecule has 0 aliphatic rings. The van der Waals surface area contributed by atoms with Crippen LogP contribution in [-0.2, 0) is 23.9 Å². The van der Waals surface area contributed by atoms with Gasteiger partial charge >= 0.3 is 17.9 Å². The van der Waals surface area contributed by atoms with E-state index < -0.39 is 29.4 Å². The fraction of sp³-hybridized carbons (Fsp3) is 0.800. The standard InChI is InChI=1S/C15H26O5/c1-7-8-12(16)19-14(18)11(10(2)3)9-13(17)20-15(4,5)6/h10-11H,7-9H2,1-6H3. The van der Waals surface area contributed by atoms with Crippen molar-refractivity contribution in [1.29, 1.82) is 0 Å². The zero-order valence-electron chi connectivity index (χ0n) is 13.3. The molecule has 0 aliphatic heterocycles. The first-order valence-corrected chi connectivity index (χ1v) is 7.03. The third-order valence-corrected chi connectivity index (χ3v) is 2.58. The molecule has 0 aromatic heterocycles. The predicted octanol–water partition coefficient (Wildman–Crippen LogP) is 2.86. The molecule has 0 radical (unpaired) electrons. The molecule has 0 N–H and O–H groups in total. The molecule has 0 bridgehead atoms. The van der Waals surface area contributed by atoms with E-state index in [-0.39, 0.29) is 18.8 Å². The molecule has 1 unspecified atom stereocenters. The van der Waals surface area contributed by atoms with Crippen LogP contribution >= 0.6 is 0 Å². The molecule has 0 saturated heterocycles. The Morgan fingerprint density at radius 1 is 1.05 bits per heavy atom. The van der Waals surface area contributed by atoms with Crippen LogP contribution in [0.5, 0.6) is 0 Å². The van der Waals surface area contributed by atoms with Gasteiger partial charge in [0.1, 0.15) is 5.60 Å². The number of carbonyl (C=O) groups is 3. The number of esters is 3. The van der Waals surface area contributed by atoms with Crippen LogP contribution in [0.1, 0.15) is 60.8 Å². The summed E-state index contributed by atoms with van der Waals surface area (Å²) in [5.74, 6) is -2.43. The molecule has 5 nitrogen and oxygen atoms in total. The van der Waals surface area contributed by atoms with E-state index in [0.29, 0.717) is 6.42 Å². The number of hydrogen-bond donors (Lipinski definition) is 0. The number of carbonyl (C=O) groups excluding carboxylic acids is 3. The summed E-state index contributed by atoms with van der Waals surface area (Å²) >= 11 is 0. The van der Waals surface area contributed by atoms with Gasteiger partial charge in [0.05, 0.1) is 12.3 Å². The summed E-state index contributed by atoms with van der Waals surface area (Å²) in [5.41, 5.74) is -0.597. The van der Waals surface area contributed by atoms with Crippen molar-refractivity contribution in [1.82, 2.24) is 0 Å². The first-order valence-electron chi connectivity index (χ1n) is 7.03. The van der Waals surface area contributed by atoms with Gasteiger partial charge in [-0.15, -0.1) is 0 Å². The Balaban J connectivity index is 4.61. The van der Waals surface area contributed by atoms with E-state index in [1.165, 1.54) is 0 Å². The van der Waals surface area contributed by atoms with E-state index in [9.17, 15) is 14.4 Å². The predicted molar refractivity (Wildman–Crippen MR) is 74.8 cm³/mol. The molecule has 20 heavy (non-hydrogen) atoms. The lowest BCUT2D eigenvalue weighted by molar-refractivity contribution is -0.169. The molecular formula is C15H26O5. The quantitative estimate of drug-likeness (QED) is 0.554. The minimum Gasteiger partial charge on any atom is -0.460 e. The van der Waals surface area contributed by atoms with Gasteiger partial charge in [0, 0.05) is 6.42 Å². The van der Waals surface area contributed by atoms with Crippen molar-refractivity contribution >= 4 is 17.9 Å². The summed E-state index contributed by atoms with van der Waals surface area (Å²) in [6, 6.07) is 0. The summed E-state index contributed by atoms with van der Waals surface area (Å²) < 4.78 is 9.95. The topological polar surface area (TPSA) is 69.7 Å². The van der Waals surface area contributed by atoms with E-state index >= 15 is 0 Å². The highest BCUT2D eigenvalue weighted by Crippen LogP contribution is 2.20. The van der Waals surface area contributed by atoms with Crippen LogP contribution in [0.2, 0.25) is 0 Å².